The van der Waals surface area contributed by atoms with E-state index in [1.54, 1.807) is 0 Å². The van der Waals surface area contributed by atoms with Gasteiger partial charge in [0.25, 0.3) is 0 Å². The van der Waals surface area contributed by atoms with Gasteiger partial charge in [-0.25, -0.2) is 9.59 Å². The summed E-state index contributed by atoms with van der Waals surface area (Å²) in [6.07, 6.45) is 20.3. The molecule has 0 spiro atoms. The second-order valence-corrected chi connectivity index (χ2v) is 14.6. The molecule has 0 aromatic rings. The van der Waals surface area contributed by atoms with E-state index in [0.717, 1.165) is 38.5 Å². The van der Waals surface area contributed by atoms with Crippen LogP contribution < -0.4 is 21.3 Å². The van der Waals surface area contributed by atoms with Gasteiger partial charge in [0, 0.05) is 45.3 Å². The minimum absolute atomic E-state index is 0.0134. The van der Waals surface area contributed by atoms with Crippen molar-refractivity contribution < 1.29 is 48.5 Å². The molecule has 0 radical (unpaired) electrons. The van der Waals surface area contributed by atoms with Crippen molar-refractivity contribution in [2.24, 2.45) is 5.92 Å². The van der Waals surface area contributed by atoms with Gasteiger partial charge >= 0.3 is 18.0 Å². The normalized spacial score (nSPS) is 11.6. The van der Waals surface area contributed by atoms with E-state index < -0.39 is 18.0 Å². The van der Waals surface area contributed by atoms with Crippen molar-refractivity contribution in [2.75, 3.05) is 46.1 Å². The highest BCUT2D eigenvalue weighted by Gasteiger charge is 2.20. The smallest absolute Gasteiger partial charge is 0.326 e. The Morgan fingerprint density at radius 1 is 0.519 bits per heavy atom. The summed E-state index contributed by atoms with van der Waals surface area (Å²) in [7, 11) is 0. The third kappa shape index (κ3) is 37.1. The highest BCUT2D eigenvalue weighted by molar-refractivity contribution is 5.84. The van der Waals surface area contributed by atoms with Gasteiger partial charge in [-0.3, -0.25) is 19.2 Å². The Hall–Kier alpha value is -3.26. The number of amides is 4. The number of carboxylic acid groups (broad SMARTS) is 2. The van der Waals surface area contributed by atoms with E-state index in [-0.39, 0.29) is 55.9 Å². The lowest BCUT2D eigenvalue weighted by Gasteiger charge is -2.14. The first-order chi connectivity index (χ1) is 26.0. The molecule has 0 bridgehead atoms. The van der Waals surface area contributed by atoms with E-state index in [0.29, 0.717) is 71.1 Å². The summed E-state index contributed by atoms with van der Waals surface area (Å²) in [6, 6.07) is -1.42. The summed E-state index contributed by atoms with van der Waals surface area (Å²) in [5.74, 6) is -2.06. The number of carbonyl (C=O) groups excluding carboxylic acids is 4. The van der Waals surface area contributed by atoms with Crippen LogP contribution in [0.4, 0.5) is 4.79 Å². The minimum Gasteiger partial charge on any atom is -0.481 e. The van der Waals surface area contributed by atoms with Crippen molar-refractivity contribution in [1.82, 2.24) is 21.3 Å². The van der Waals surface area contributed by atoms with E-state index in [1.165, 1.54) is 57.8 Å². The lowest BCUT2D eigenvalue weighted by Crippen LogP contribution is -2.41. The Bertz CT molecular complexity index is 1010. The quantitative estimate of drug-likeness (QED) is 0.0385. The number of ether oxygens (including phenoxy) is 2. The second-order valence-electron chi connectivity index (χ2n) is 14.6. The van der Waals surface area contributed by atoms with Gasteiger partial charge in [0.05, 0.1) is 19.8 Å². The minimum atomic E-state index is -1.16. The standard InChI is InChI=1S/C40H74N4O10/c1-33(2)31-34(45)32-54-30-29-53-28-27-43-40(52)42-26-20-19-25-41-36(46)24-23-35(39(50)51)44-37(47)21-17-15-13-11-9-7-5-3-4-6-8-10-12-14-16-18-22-38(48)49/h33,35H,3-32H2,1-2H3,(H,41,46)(H,44,47)(H,48,49)(H,50,51)(H2,42,43,52)/t35-/m0/s1. The lowest BCUT2D eigenvalue weighted by atomic mass is 10.0. The van der Waals surface area contributed by atoms with E-state index in [1.807, 2.05) is 13.8 Å². The van der Waals surface area contributed by atoms with E-state index in [9.17, 15) is 33.9 Å². The number of hydrogen-bond donors (Lipinski definition) is 6. The van der Waals surface area contributed by atoms with Crippen molar-refractivity contribution in [3.8, 4) is 0 Å². The van der Waals surface area contributed by atoms with Crippen LogP contribution in [-0.2, 0) is 33.4 Å². The Morgan fingerprint density at radius 3 is 1.52 bits per heavy atom. The molecule has 0 aromatic carbocycles. The number of ketones is 1. The monoisotopic (exact) mass is 771 g/mol. The number of rotatable bonds is 39. The van der Waals surface area contributed by atoms with E-state index in [4.69, 9.17) is 14.6 Å². The molecule has 0 aliphatic heterocycles. The first kappa shape index (κ1) is 50.7. The molecule has 0 heterocycles. The molecule has 14 nitrogen and oxygen atoms in total. The number of carboxylic acids is 2. The molecule has 6 N–H and O–H groups in total. The molecular formula is C40H74N4O10. The molecule has 0 aliphatic rings. The van der Waals surface area contributed by atoms with Gasteiger partial charge in [0.2, 0.25) is 11.8 Å². The zero-order valence-electron chi connectivity index (χ0n) is 33.5. The Morgan fingerprint density at radius 2 is 1.00 bits per heavy atom. The molecule has 0 aromatic heterocycles. The number of urea groups is 1. The van der Waals surface area contributed by atoms with Crippen molar-refractivity contribution in [1.29, 1.82) is 0 Å². The first-order valence-corrected chi connectivity index (χ1v) is 20.7. The molecule has 0 saturated carbocycles. The average Bonchev–Trinajstić information content (AvgIpc) is 3.11. The van der Waals surface area contributed by atoms with Crippen LogP contribution in [0.2, 0.25) is 0 Å². The van der Waals surface area contributed by atoms with Gasteiger partial charge in [-0.2, -0.15) is 0 Å². The fourth-order valence-electron chi connectivity index (χ4n) is 5.82. The number of nitrogens with one attached hydrogen (secondary N) is 4. The highest BCUT2D eigenvalue weighted by Crippen LogP contribution is 2.14. The maximum absolute atomic E-state index is 12.3. The summed E-state index contributed by atoms with van der Waals surface area (Å²) in [6.45, 7) is 6.18. The van der Waals surface area contributed by atoms with Crippen molar-refractivity contribution in [3.05, 3.63) is 0 Å². The molecule has 0 aliphatic carbocycles. The maximum Gasteiger partial charge on any atom is 0.326 e. The van der Waals surface area contributed by atoms with Crippen LogP contribution in [-0.4, -0.2) is 97.9 Å². The first-order valence-electron chi connectivity index (χ1n) is 20.7. The van der Waals surface area contributed by atoms with Crippen LogP contribution in [0.15, 0.2) is 0 Å². The number of unbranched alkanes of at least 4 members (excludes halogenated alkanes) is 16. The number of Topliss-reactive ketones (excluding diaryl/α,β-unsaturated/α-hetero) is 1. The van der Waals surface area contributed by atoms with Gasteiger partial charge in [-0.05, 0) is 38.0 Å². The van der Waals surface area contributed by atoms with Gasteiger partial charge in [0.1, 0.15) is 12.6 Å². The van der Waals surface area contributed by atoms with Gasteiger partial charge in [0.15, 0.2) is 5.78 Å². The van der Waals surface area contributed by atoms with E-state index >= 15 is 0 Å². The molecule has 0 fully saturated rings. The van der Waals surface area contributed by atoms with Crippen LogP contribution >= 0.6 is 0 Å². The second kappa shape index (κ2) is 36.7. The lowest BCUT2D eigenvalue weighted by molar-refractivity contribution is -0.142. The van der Waals surface area contributed by atoms with Crippen molar-refractivity contribution >= 4 is 35.6 Å². The summed E-state index contributed by atoms with van der Waals surface area (Å²) in [5.41, 5.74) is 0. The van der Waals surface area contributed by atoms with E-state index in [2.05, 4.69) is 21.3 Å². The molecule has 0 unspecified atom stereocenters. The van der Waals surface area contributed by atoms with Crippen LogP contribution in [0, 0.1) is 5.92 Å². The van der Waals surface area contributed by atoms with Crippen LogP contribution in [0.1, 0.15) is 162 Å². The predicted octanol–water partition coefficient (Wildman–Crippen LogP) is 6.29. The fourth-order valence-corrected chi connectivity index (χ4v) is 5.82. The zero-order valence-corrected chi connectivity index (χ0v) is 33.5. The summed E-state index contributed by atoms with van der Waals surface area (Å²) in [4.78, 5) is 70.1. The maximum atomic E-state index is 12.3. The zero-order chi connectivity index (χ0) is 40.1. The van der Waals surface area contributed by atoms with Crippen LogP contribution in [0.25, 0.3) is 0 Å². The molecule has 14 heteroatoms. The number of hydrogen-bond acceptors (Lipinski definition) is 8. The summed E-state index contributed by atoms with van der Waals surface area (Å²) in [5, 5.41) is 28.9. The van der Waals surface area contributed by atoms with Crippen LogP contribution in [0.5, 0.6) is 0 Å². The van der Waals surface area contributed by atoms with Crippen molar-refractivity contribution in [3.63, 3.8) is 0 Å². The molecule has 4 amide bonds. The highest BCUT2D eigenvalue weighted by atomic mass is 16.5. The summed E-state index contributed by atoms with van der Waals surface area (Å²) >= 11 is 0. The Balaban J connectivity index is 3.67. The molecule has 314 valence electrons. The van der Waals surface area contributed by atoms with Crippen molar-refractivity contribution in [2.45, 2.75) is 168 Å². The van der Waals surface area contributed by atoms with Gasteiger partial charge in [-0.15, -0.1) is 0 Å². The summed E-state index contributed by atoms with van der Waals surface area (Å²) < 4.78 is 10.6. The molecule has 54 heavy (non-hydrogen) atoms. The molecule has 0 rings (SSSR count). The average molecular weight is 771 g/mol. The van der Waals surface area contributed by atoms with Crippen LogP contribution in [0.3, 0.4) is 0 Å². The SMILES string of the molecule is CC(C)CC(=O)COCCOCCNC(=O)NCCCCNC(=O)CC[C@H](NC(=O)CCCCCCCCCCCCCCCCCCC(=O)O)C(=O)O. The topological polar surface area (TPSA) is 209 Å². The predicted molar refractivity (Wildman–Crippen MR) is 209 cm³/mol. The van der Waals surface area contributed by atoms with Gasteiger partial charge in [-0.1, -0.05) is 104 Å². The van der Waals surface area contributed by atoms with Gasteiger partial charge < -0.3 is 41.0 Å². The Kier molecular flexibility index (Phi) is 34.5. The molecule has 1 atom stereocenters. The fraction of sp³-hybridized carbons (Fsp3) is 0.850. The Labute approximate surface area is 324 Å². The number of aliphatic carboxylic acids is 2. The third-order valence-electron chi connectivity index (χ3n) is 8.85. The third-order valence-corrected chi connectivity index (χ3v) is 8.85. The molecule has 0 saturated heterocycles. The molecular weight excluding hydrogens is 696 g/mol. The largest absolute Gasteiger partial charge is 0.481 e. The number of carbonyl (C=O) groups is 6.